The third-order valence-corrected chi connectivity index (χ3v) is 1.87. The van der Waals surface area contributed by atoms with Crippen LogP contribution in [0.3, 0.4) is 0 Å². The molecule has 0 spiro atoms. The first-order chi connectivity index (χ1) is 5.65. The van der Waals surface area contributed by atoms with E-state index >= 15 is 0 Å². The van der Waals surface area contributed by atoms with E-state index in [1.165, 1.54) is 7.11 Å². The summed E-state index contributed by atoms with van der Waals surface area (Å²) in [6.45, 7) is 0. The minimum atomic E-state index is -0.940. The van der Waals surface area contributed by atoms with Crippen LogP contribution in [0.25, 0.3) is 0 Å². The number of hydrogen-bond donors (Lipinski definition) is 2. The molecular formula is C7H9BClNO2. The van der Waals surface area contributed by atoms with Gasteiger partial charge in [0.05, 0.1) is 5.02 Å². The molecule has 0 amide bonds. The van der Waals surface area contributed by atoms with Crippen LogP contribution in [0, 0.1) is 0 Å². The molecule has 3 N–H and O–H groups in total. The van der Waals surface area contributed by atoms with Crippen LogP contribution in [0.2, 0.25) is 5.02 Å². The van der Waals surface area contributed by atoms with Crippen LogP contribution in [0.5, 0.6) is 0 Å². The predicted molar refractivity (Wildman–Crippen MR) is 50.5 cm³/mol. The van der Waals surface area contributed by atoms with Crippen LogP contribution in [0.1, 0.15) is 0 Å². The van der Waals surface area contributed by atoms with Gasteiger partial charge in [-0.25, -0.2) is 0 Å². The van der Waals surface area contributed by atoms with Gasteiger partial charge >= 0.3 is 7.12 Å². The molecule has 0 saturated heterocycles. The number of halogens is 1. The van der Waals surface area contributed by atoms with Crippen LogP contribution in [-0.2, 0) is 4.65 Å². The molecule has 1 aromatic rings. The maximum Gasteiger partial charge on any atom is 0.491 e. The molecule has 1 rings (SSSR count). The van der Waals surface area contributed by atoms with Gasteiger partial charge in [0.15, 0.2) is 0 Å². The fourth-order valence-electron chi connectivity index (χ4n) is 0.852. The number of hydrogen-bond acceptors (Lipinski definition) is 3. The van der Waals surface area contributed by atoms with E-state index in [1.807, 2.05) is 0 Å². The first-order valence-electron chi connectivity index (χ1n) is 3.41. The van der Waals surface area contributed by atoms with Crippen molar-refractivity contribution in [2.45, 2.75) is 0 Å². The Bertz CT molecular complexity index is 282. The quantitative estimate of drug-likeness (QED) is 0.513. The topological polar surface area (TPSA) is 55.5 Å². The van der Waals surface area contributed by atoms with E-state index in [4.69, 9.17) is 17.3 Å². The van der Waals surface area contributed by atoms with Crippen molar-refractivity contribution in [3.63, 3.8) is 0 Å². The Labute approximate surface area is 76.2 Å². The standard InChI is InChI=1S/C7H9BClNO2/c1-12-8(11)5-2-3-6(9)7(10)4-5/h2-4,11H,10H2,1H3. The highest BCUT2D eigenvalue weighted by Crippen LogP contribution is 2.15. The maximum atomic E-state index is 9.22. The van der Waals surface area contributed by atoms with E-state index < -0.39 is 7.12 Å². The molecular weight excluding hydrogens is 176 g/mol. The van der Waals surface area contributed by atoms with Crippen molar-refractivity contribution in [2.24, 2.45) is 0 Å². The summed E-state index contributed by atoms with van der Waals surface area (Å²) in [5.41, 5.74) is 6.55. The Hall–Kier alpha value is -0.705. The van der Waals surface area contributed by atoms with Crippen molar-refractivity contribution >= 4 is 29.9 Å². The summed E-state index contributed by atoms with van der Waals surface area (Å²) in [4.78, 5) is 0. The van der Waals surface area contributed by atoms with Gasteiger partial charge in [-0.05, 0) is 17.6 Å². The molecule has 64 valence electrons. The molecule has 0 fully saturated rings. The van der Waals surface area contributed by atoms with E-state index in [0.717, 1.165) is 0 Å². The Morgan fingerprint density at radius 3 is 2.75 bits per heavy atom. The second-order valence-electron chi connectivity index (χ2n) is 2.37. The van der Waals surface area contributed by atoms with Crippen LogP contribution < -0.4 is 11.2 Å². The summed E-state index contributed by atoms with van der Waals surface area (Å²) in [6, 6.07) is 4.86. The van der Waals surface area contributed by atoms with Crippen LogP contribution >= 0.6 is 11.6 Å². The van der Waals surface area contributed by atoms with Crippen LogP contribution in [-0.4, -0.2) is 19.3 Å². The molecule has 5 heteroatoms. The van der Waals surface area contributed by atoms with Crippen molar-refractivity contribution in [3.8, 4) is 0 Å². The molecule has 0 unspecified atom stereocenters. The Morgan fingerprint density at radius 2 is 2.25 bits per heavy atom. The van der Waals surface area contributed by atoms with E-state index in [2.05, 4.69) is 4.65 Å². The Balaban J connectivity index is 2.96. The van der Waals surface area contributed by atoms with Gasteiger partial charge in [-0.1, -0.05) is 17.7 Å². The van der Waals surface area contributed by atoms with Crippen molar-refractivity contribution in [1.82, 2.24) is 0 Å². The smallest absolute Gasteiger partial charge is 0.423 e. The first kappa shape index (κ1) is 9.38. The molecule has 0 radical (unpaired) electrons. The van der Waals surface area contributed by atoms with E-state index in [1.54, 1.807) is 18.2 Å². The van der Waals surface area contributed by atoms with E-state index in [9.17, 15) is 5.02 Å². The molecule has 0 heterocycles. The summed E-state index contributed by atoms with van der Waals surface area (Å²) in [5.74, 6) is 0. The number of rotatable bonds is 2. The van der Waals surface area contributed by atoms with Gasteiger partial charge in [-0.2, -0.15) is 0 Å². The molecule has 0 aliphatic rings. The molecule has 0 saturated carbocycles. The van der Waals surface area contributed by atoms with E-state index in [0.29, 0.717) is 16.2 Å². The average molecular weight is 185 g/mol. The largest absolute Gasteiger partial charge is 0.491 e. The molecule has 3 nitrogen and oxygen atoms in total. The Kier molecular flexibility index (Phi) is 2.97. The van der Waals surface area contributed by atoms with Gasteiger partial charge in [0.1, 0.15) is 0 Å². The van der Waals surface area contributed by atoms with Crippen molar-refractivity contribution in [2.75, 3.05) is 12.8 Å². The summed E-state index contributed by atoms with van der Waals surface area (Å²) in [6.07, 6.45) is 0. The second kappa shape index (κ2) is 3.80. The zero-order chi connectivity index (χ0) is 9.14. The summed E-state index contributed by atoms with van der Waals surface area (Å²) in [5, 5.41) is 9.70. The summed E-state index contributed by atoms with van der Waals surface area (Å²) in [7, 11) is 0.472. The SMILES string of the molecule is COB(O)c1ccc(Cl)c(N)c1. The summed E-state index contributed by atoms with van der Waals surface area (Å²) < 4.78 is 4.69. The predicted octanol–water partition coefficient (Wildman–Crippen LogP) is 0.256. The minimum Gasteiger partial charge on any atom is -0.423 e. The van der Waals surface area contributed by atoms with Crippen molar-refractivity contribution in [1.29, 1.82) is 0 Å². The lowest BCUT2D eigenvalue weighted by molar-refractivity contribution is 0.341. The highest BCUT2D eigenvalue weighted by atomic mass is 35.5. The van der Waals surface area contributed by atoms with Crippen LogP contribution in [0.15, 0.2) is 18.2 Å². The molecule has 12 heavy (non-hydrogen) atoms. The number of nitrogen functional groups attached to an aromatic ring is 1. The highest BCUT2D eigenvalue weighted by Gasteiger charge is 2.14. The second-order valence-corrected chi connectivity index (χ2v) is 2.78. The lowest BCUT2D eigenvalue weighted by Gasteiger charge is -2.05. The molecule has 1 aromatic carbocycles. The number of nitrogens with two attached hydrogens (primary N) is 1. The normalized spacial score (nSPS) is 9.92. The summed E-state index contributed by atoms with van der Waals surface area (Å²) >= 11 is 5.68. The highest BCUT2D eigenvalue weighted by molar-refractivity contribution is 6.60. The first-order valence-corrected chi connectivity index (χ1v) is 3.78. The molecule has 0 atom stereocenters. The molecule has 0 aliphatic carbocycles. The molecule has 0 aromatic heterocycles. The lowest BCUT2D eigenvalue weighted by atomic mass is 9.79. The minimum absolute atomic E-state index is 0.435. The molecule has 0 aliphatic heterocycles. The third kappa shape index (κ3) is 1.91. The van der Waals surface area contributed by atoms with Crippen molar-refractivity contribution < 1.29 is 9.68 Å². The van der Waals surface area contributed by atoms with Gasteiger partial charge < -0.3 is 15.4 Å². The fraction of sp³-hybridized carbons (Fsp3) is 0.143. The van der Waals surface area contributed by atoms with E-state index in [-0.39, 0.29) is 0 Å². The monoisotopic (exact) mass is 185 g/mol. The average Bonchev–Trinajstić information content (AvgIpc) is 2.08. The Morgan fingerprint density at radius 1 is 1.58 bits per heavy atom. The lowest BCUT2D eigenvalue weighted by Crippen LogP contribution is -2.32. The number of benzene rings is 1. The fourth-order valence-corrected chi connectivity index (χ4v) is 0.969. The third-order valence-electron chi connectivity index (χ3n) is 1.53. The van der Waals surface area contributed by atoms with Gasteiger partial charge in [0.25, 0.3) is 0 Å². The van der Waals surface area contributed by atoms with Gasteiger partial charge in [-0.3, -0.25) is 0 Å². The zero-order valence-corrected chi connectivity index (χ0v) is 7.38. The van der Waals surface area contributed by atoms with Gasteiger partial charge in [0, 0.05) is 12.8 Å². The zero-order valence-electron chi connectivity index (χ0n) is 6.62. The van der Waals surface area contributed by atoms with Crippen molar-refractivity contribution in [3.05, 3.63) is 23.2 Å². The maximum absolute atomic E-state index is 9.22. The van der Waals surface area contributed by atoms with Gasteiger partial charge in [-0.15, -0.1) is 0 Å². The van der Waals surface area contributed by atoms with Gasteiger partial charge in [0.2, 0.25) is 0 Å². The molecule has 0 bridgehead atoms. The van der Waals surface area contributed by atoms with Crippen LogP contribution in [0.4, 0.5) is 5.69 Å². The number of anilines is 1.